The van der Waals surface area contributed by atoms with Gasteiger partial charge in [0.05, 0.1) is 23.6 Å². The normalized spacial score (nSPS) is 19.5. The standard InChI is InChI=1S/C23H33ClN2O4/c1-15(2)17-14-26(11-9-20(27)28)21(29)25-23(17,6)16-7-8-19(18(24)13-16)30-12-10-22(3,4)5/h7-8,13-15H,9-12H2,1-6H3,(H,25,29)(H,27,28)/t23-/m0/s1. The quantitative estimate of drug-likeness (QED) is 0.571. The van der Waals surface area contributed by atoms with E-state index in [4.69, 9.17) is 21.4 Å². The molecule has 0 unspecified atom stereocenters. The van der Waals surface area contributed by atoms with Gasteiger partial charge in [-0.15, -0.1) is 0 Å². The average molecular weight is 437 g/mol. The minimum atomic E-state index is -0.940. The number of amides is 2. The molecule has 0 fully saturated rings. The van der Waals surface area contributed by atoms with Gasteiger partial charge in [-0.25, -0.2) is 4.79 Å². The number of carbonyl (C=O) groups is 2. The Morgan fingerprint density at radius 1 is 1.33 bits per heavy atom. The lowest BCUT2D eigenvalue weighted by molar-refractivity contribution is -0.137. The fourth-order valence-corrected chi connectivity index (χ4v) is 3.69. The van der Waals surface area contributed by atoms with Crippen LogP contribution in [0.4, 0.5) is 4.79 Å². The van der Waals surface area contributed by atoms with E-state index in [0.717, 1.165) is 17.6 Å². The molecule has 2 amide bonds. The monoisotopic (exact) mass is 436 g/mol. The van der Waals surface area contributed by atoms with Gasteiger partial charge in [0.2, 0.25) is 0 Å². The summed E-state index contributed by atoms with van der Waals surface area (Å²) in [4.78, 5) is 25.0. The number of carbonyl (C=O) groups excluding carboxylic acids is 1. The molecule has 166 valence electrons. The number of nitrogens with one attached hydrogen (secondary N) is 1. The van der Waals surface area contributed by atoms with Gasteiger partial charge in [0.25, 0.3) is 0 Å². The maximum atomic E-state index is 12.7. The van der Waals surface area contributed by atoms with Crippen LogP contribution in [-0.2, 0) is 10.3 Å². The second-order valence-electron chi connectivity index (χ2n) is 9.44. The number of benzene rings is 1. The molecule has 1 atom stereocenters. The summed E-state index contributed by atoms with van der Waals surface area (Å²) in [6.07, 6.45) is 2.57. The Balaban J connectivity index is 2.29. The Kier molecular flexibility index (Phi) is 7.45. The van der Waals surface area contributed by atoms with Crippen molar-refractivity contribution in [1.82, 2.24) is 10.2 Å². The van der Waals surface area contributed by atoms with Gasteiger partial charge in [0.1, 0.15) is 5.75 Å². The van der Waals surface area contributed by atoms with Crippen molar-refractivity contribution in [2.75, 3.05) is 13.2 Å². The number of rotatable bonds is 8. The molecule has 2 rings (SSSR count). The van der Waals surface area contributed by atoms with E-state index in [2.05, 4.69) is 26.1 Å². The van der Waals surface area contributed by atoms with Crippen LogP contribution in [0.1, 0.15) is 59.9 Å². The number of halogens is 1. The predicted octanol–water partition coefficient (Wildman–Crippen LogP) is 5.41. The van der Waals surface area contributed by atoms with E-state index in [9.17, 15) is 9.59 Å². The summed E-state index contributed by atoms with van der Waals surface area (Å²) < 4.78 is 5.86. The van der Waals surface area contributed by atoms with Crippen molar-refractivity contribution in [2.45, 2.75) is 59.9 Å². The van der Waals surface area contributed by atoms with E-state index in [1.807, 2.05) is 39.0 Å². The molecule has 6 nitrogen and oxygen atoms in total. The molecular weight excluding hydrogens is 404 g/mol. The van der Waals surface area contributed by atoms with Gasteiger partial charge in [0.15, 0.2) is 0 Å². The maximum Gasteiger partial charge on any atom is 0.322 e. The molecule has 2 N–H and O–H groups in total. The highest BCUT2D eigenvalue weighted by molar-refractivity contribution is 6.32. The molecule has 30 heavy (non-hydrogen) atoms. The first-order valence-corrected chi connectivity index (χ1v) is 10.7. The molecule has 7 heteroatoms. The zero-order chi connectivity index (χ0) is 22.7. The predicted molar refractivity (Wildman–Crippen MR) is 119 cm³/mol. The average Bonchev–Trinajstić information content (AvgIpc) is 2.60. The first-order valence-electron chi connectivity index (χ1n) is 10.3. The molecular formula is C23H33ClN2O4. The van der Waals surface area contributed by atoms with Crippen molar-refractivity contribution in [1.29, 1.82) is 0 Å². The van der Waals surface area contributed by atoms with Gasteiger partial charge in [-0.1, -0.05) is 52.3 Å². The number of nitrogens with zero attached hydrogens (tertiary/aromatic N) is 1. The second-order valence-corrected chi connectivity index (χ2v) is 9.84. The number of hydrogen-bond acceptors (Lipinski definition) is 3. The summed E-state index contributed by atoms with van der Waals surface area (Å²) in [6, 6.07) is 5.26. The molecule has 0 spiro atoms. The summed E-state index contributed by atoms with van der Waals surface area (Å²) in [6.45, 7) is 13.2. The summed E-state index contributed by atoms with van der Waals surface area (Å²) >= 11 is 6.50. The lowest BCUT2D eigenvalue weighted by Gasteiger charge is -2.42. The lowest BCUT2D eigenvalue weighted by atomic mass is 9.78. The molecule has 1 aliphatic rings. The molecule has 1 aliphatic heterocycles. The number of carboxylic acid groups (broad SMARTS) is 1. The fraction of sp³-hybridized carbons (Fsp3) is 0.565. The van der Waals surface area contributed by atoms with Gasteiger partial charge in [-0.3, -0.25) is 4.79 Å². The van der Waals surface area contributed by atoms with Crippen molar-refractivity contribution >= 4 is 23.6 Å². The first-order chi connectivity index (χ1) is 13.8. The van der Waals surface area contributed by atoms with Gasteiger partial charge < -0.3 is 20.1 Å². The number of aliphatic carboxylic acids is 1. The Hall–Kier alpha value is -2.21. The van der Waals surface area contributed by atoms with Gasteiger partial charge in [-0.2, -0.15) is 0 Å². The number of urea groups is 1. The number of carboxylic acids is 1. The smallest absolute Gasteiger partial charge is 0.322 e. The zero-order valence-corrected chi connectivity index (χ0v) is 19.5. The molecule has 1 aromatic rings. The van der Waals surface area contributed by atoms with Crippen molar-refractivity contribution in [3.05, 3.63) is 40.6 Å². The van der Waals surface area contributed by atoms with Crippen molar-refractivity contribution < 1.29 is 19.4 Å². The van der Waals surface area contributed by atoms with Crippen LogP contribution in [0.15, 0.2) is 30.0 Å². The van der Waals surface area contributed by atoms with Gasteiger partial charge >= 0.3 is 12.0 Å². The highest BCUT2D eigenvalue weighted by Crippen LogP contribution is 2.39. The highest BCUT2D eigenvalue weighted by atomic mass is 35.5. The van der Waals surface area contributed by atoms with Gasteiger partial charge in [-0.05, 0) is 47.9 Å². The lowest BCUT2D eigenvalue weighted by Crippen LogP contribution is -2.54. The summed E-state index contributed by atoms with van der Waals surface area (Å²) in [5.41, 5.74) is 1.25. The third-order valence-electron chi connectivity index (χ3n) is 5.30. The van der Waals surface area contributed by atoms with Crippen LogP contribution < -0.4 is 10.1 Å². The van der Waals surface area contributed by atoms with E-state index >= 15 is 0 Å². The van der Waals surface area contributed by atoms with Crippen LogP contribution in [0.3, 0.4) is 0 Å². The Labute approximate surface area is 184 Å². The van der Waals surface area contributed by atoms with E-state index in [1.165, 1.54) is 4.90 Å². The third kappa shape index (κ3) is 5.91. The summed E-state index contributed by atoms with van der Waals surface area (Å²) in [5.74, 6) is -0.192. The molecule has 0 saturated heterocycles. The largest absolute Gasteiger partial charge is 0.492 e. The van der Waals surface area contributed by atoms with Crippen LogP contribution in [0.25, 0.3) is 0 Å². The zero-order valence-electron chi connectivity index (χ0n) is 18.7. The molecule has 0 saturated carbocycles. The SMILES string of the molecule is CC(C)C1=CN(CCC(=O)O)C(=O)N[C@@]1(C)c1ccc(OCCC(C)(C)C)c(Cl)c1. The van der Waals surface area contributed by atoms with Gasteiger partial charge in [0, 0.05) is 12.7 Å². The molecule has 0 bridgehead atoms. The Morgan fingerprint density at radius 2 is 2.00 bits per heavy atom. The van der Waals surface area contributed by atoms with Crippen molar-refractivity contribution in [2.24, 2.45) is 11.3 Å². The highest BCUT2D eigenvalue weighted by Gasteiger charge is 2.39. The molecule has 0 radical (unpaired) electrons. The first kappa shape index (κ1) is 24.1. The third-order valence-corrected chi connectivity index (χ3v) is 5.59. The number of hydrogen-bond donors (Lipinski definition) is 2. The number of ether oxygens (including phenoxy) is 1. The Morgan fingerprint density at radius 3 is 2.53 bits per heavy atom. The molecule has 0 aliphatic carbocycles. The minimum absolute atomic E-state index is 0.113. The topological polar surface area (TPSA) is 78.9 Å². The minimum Gasteiger partial charge on any atom is -0.492 e. The maximum absolute atomic E-state index is 12.7. The molecule has 0 aromatic heterocycles. The summed E-state index contributed by atoms with van der Waals surface area (Å²) in [5, 5.41) is 12.5. The van der Waals surface area contributed by atoms with Crippen LogP contribution in [0, 0.1) is 11.3 Å². The van der Waals surface area contributed by atoms with E-state index in [1.54, 1.807) is 6.20 Å². The fourth-order valence-electron chi connectivity index (χ4n) is 3.46. The van der Waals surface area contributed by atoms with Crippen LogP contribution in [0.5, 0.6) is 5.75 Å². The second kappa shape index (κ2) is 9.29. The van der Waals surface area contributed by atoms with E-state index < -0.39 is 11.5 Å². The van der Waals surface area contributed by atoms with E-state index in [0.29, 0.717) is 17.4 Å². The van der Waals surface area contributed by atoms with Crippen molar-refractivity contribution in [3.63, 3.8) is 0 Å². The molecule has 1 aromatic carbocycles. The summed E-state index contributed by atoms with van der Waals surface area (Å²) in [7, 11) is 0. The van der Waals surface area contributed by atoms with E-state index in [-0.39, 0.29) is 30.3 Å². The van der Waals surface area contributed by atoms with Crippen LogP contribution in [0.2, 0.25) is 5.02 Å². The van der Waals surface area contributed by atoms with Crippen LogP contribution in [-0.4, -0.2) is 35.2 Å². The Bertz CT molecular complexity index is 829. The van der Waals surface area contributed by atoms with Crippen LogP contribution >= 0.6 is 11.6 Å². The van der Waals surface area contributed by atoms with Crippen molar-refractivity contribution in [3.8, 4) is 5.75 Å². The molecule has 1 heterocycles.